The summed E-state index contributed by atoms with van der Waals surface area (Å²) in [6, 6.07) is 3.31. The smallest absolute Gasteiger partial charge is 0.354 e. The number of nitrogens with zero attached hydrogens (tertiary/aromatic N) is 1. The molecule has 1 N–H and O–H groups in total. The van der Waals surface area contributed by atoms with Crippen LogP contribution in [0.1, 0.15) is 24.3 Å². The van der Waals surface area contributed by atoms with Gasteiger partial charge in [-0.3, -0.25) is 0 Å². The van der Waals surface area contributed by atoms with Crippen molar-refractivity contribution in [2.24, 2.45) is 0 Å². The second-order valence-corrected chi connectivity index (χ2v) is 4.43. The van der Waals surface area contributed by atoms with Crippen LogP contribution in [0.15, 0.2) is 23.2 Å². The largest absolute Gasteiger partial charge is 0.477 e. The SMILES string of the molecule is CCOC(CSc1ccnc(C(=O)O)c1)OCC. The lowest BCUT2D eigenvalue weighted by molar-refractivity contribution is -0.120. The lowest BCUT2D eigenvalue weighted by atomic mass is 10.3. The molecule has 0 aliphatic carbocycles. The zero-order chi connectivity index (χ0) is 13.4. The molecule has 0 aromatic carbocycles. The molecule has 18 heavy (non-hydrogen) atoms. The Balaban J connectivity index is 2.55. The number of thioether (sulfide) groups is 1. The van der Waals surface area contributed by atoms with Crippen LogP contribution in [0.25, 0.3) is 0 Å². The summed E-state index contributed by atoms with van der Waals surface area (Å²) in [5.74, 6) is -0.409. The molecule has 100 valence electrons. The molecule has 0 bridgehead atoms. The summed E-state index contributed by atoms with van der Waals surface area (Å²) in [5.41, 5.74) is 0.0457. The van der Waals surface area contributed by atoms with Crippen LogP contribution in [0.3, 0.4) is 0 Å². The number of carbonyl (C=O) groups is 1. The summed E-state index contributed by atoms with van der Waals surface area (Å²) in [6.45, 7) is 4.99. The van der Waals surface area contributed by atoms with Crippen LogP contribution in [0.5, 0.6) is 0 Å². The predicted octanol–water partition coefficient (Wildman–Crippen LogP) is 2.27. The number of pyridine rings is 1. The van der Waals surface area contributed by atoms with Gasteiger partial charge in [0.15, 0.2) is 6.29 Å². The predicted molar refractivity (Wildman–Crippen MR) is 69.0 cm³/mol. The zero-order valence-electron chi connectivity index (χ0n) is 10.5. The Bertz CT molecular complexity index is 380. The molecule has 0 aliphatic rings. The number of aromatic carboxylic acids is 1. The molecule has 0 amide bonds. The molecule has 1 heterocycles. The number of ether oxygens (including phenoxy) is 2. The first-order chi connectivity index (χ1) is 8.67. The normalized spacial score (nSPS) is 10.8. The van der Waals surface area contributed by atoms with Crippen molar-refractivity contribution in [3.63, 3.8) is 0 Å². The third kappa shape index (κ3) is 5.03. The van der Waals surface area contributed by atoms with Gasteiger partial charge in [0.05, 0.1) is 0 Å². The molecule has 0 spiro atoms. The molecule has 0 atom stereocenters. The maximum Gasteiger partial charge on any atom is 0.354 e. The first-order valence-electron chi connectivity index (χ1n) is 5.72. The van der Waals surface area contributed by atoms with E-state index in [1.54, 1.807) is 12.1 Å². The number of carboxylic acids is 1. The quantitative estimate of drug-likeness (QED) is 0.578. The van der Waals surface area contributed by atoms with Crippen LogP contribution in [0.4, 0.5) is 0 Å². The molecular formula is C12H17NO4S. The summed E-state index contributed by atoms with van der Waals surface area (Å²) in [4.78, 5) is 15.4. The van der Waals surface area contributed by atoms with E-state index in [0.29, 0.717) is 19.0 Å². The Morgan fingerprint density at radius 2 is 2.11 bits per heavy atom. The fraction of sp³-hybridized carbons (Fsp3) is 0.500. The maximum absolute atomic E-state index is 10.8. The van der Waals surface area contributed by atoms with Gasteiger partial charge in [-0.05, 0) is 26.0 Å². The first kappa shape index (κ1) is 14.9. The fourth-order valence-corrected chi connectivity index (χ4v) is 2.17. The van der Waals surface area contributed by atoms with E-state index in [1.165, 1.54) is 18.0 Å². The van der Waals surface area contributed by atoms with Crippen LogP contribution in [-0.4, -0.2) is 41.3 Å². The number of aromatic nitrogens is 1. The van der Waals surface area contributed by atoms with Crippen molar-refractivity contribution in [2.45, 2.75) is 25.0 Å². The monoisotopic (exact) mass is 271 g/mol. The molecule has 0 aliphatic heterocycles. The van der Waals surface area contributed by atoms with Crippen molar-refractivity contribution in [3.05, 3.63) is 24.0 Å². The van der Waals surface area contributed by atoms with E-state index in [9.17, 15) is 4.79 Å². The lowest BCUT2D eigenvalue weighted by Gasteiger charge is -2.16. The Hall–Kier alpha value is -1.11. The highest BCUT2D eigenvalue weighted by Gasteiger charge is 2.10. The average Bonchev–Trinajstić information content (AvgIpc) is 2.37. The van der Waals surface area contributed by atoms with Gasteiger partial charge in [0.25, 0.3) is 0 Å². The van der Waals surface area contributed by atoms with Crippen molar-refractivity contribution in [1.82, 2.24) is 4.98 Å². The van der Waals surface area contributed by atoms with Gasteiger partial charge in [-0.1, -0.05) is 0 Å². The van der Waals surface area contributed by atoms with Gasteiger partial charge in [-0.25, -0.2) is 9.78 Å². The maximum atomic E-state index is 10.8. The van der Waals surface area contributed by atoms with E-state index in [4.69, 9.17) is 14.6 Å². The number of hydrogen-bond acceptors (Lipinski definition) is 5. The Labute approximate surface area is 111 Å². The van der Waals surface area contributed by atoms with Gasteiger partial charge in [0.2, 0.25) is 0 Å². The number of rotatable bonds is 8. The molecule has 0 unspecified atom stereocenters. The average molecular weight is 271 g/mol. The third-order valence-corrected chi connectivity index (χ3v) is 3.07. The van der Waals surface area contributed by atoms with E-state index < -0.39 is 5.97 Å². The van der Waals surface area contributed by atoms with Crippen LogP contribution < -0.4 is 0 Å². The van der Waals surface area contributed by atoms with Gasteiger partial charge in [-0.2, -0.15) is 0 Å². The van der Waals surface area contributed by atoms with Crippen LogP contribution in [-0.2, 0) is 9.47 Å². The van der Waals surface area contributed by atoms with Crippen LogP contribution in [0, 0.1) is 0 Å². The topological polar surface area (TPSA) is 68.7 Å². The van der Waals surface area contributed by atoms with Gasteiger partial charge in [0.1, 0.15) is 5.69 Å². The fourth-order valence-electron chi connectivity index (χ4n) is 1.30. The second-order valence-electron chi connectivity index (χ2n) is 3.33. The first-order valence-corrected chi connectivity index (χ1v) is 6.71. The standard InChI is InChI=1S/C12H17NO4S/c1-3-16-11(17-4-2)8-18-9-5-6-13-10(7-9)12(14)15/h5-7,11H,3-4,8H2,1-2H3,(H,14,15). The summed E-state index contributed by atoms with van der Waals surface area (Å²) in [5, 5.41) is 8.83. The van der Waals surface area contributed by atoms with Crippen molar-refractivity contribution >= 4 is 17.7 Å². The molecule has 0 saturated heterocycles. The highest BCUT2D eigenvalue weighted by molar-refractivity contribution is 7.99. The van der Waals surface area contributed by atoms with Crippen LogP contribution >= 0.6 is 11.8 Å². The summed E-state index contributed by atoms with van der Waals surface area (Å²) in [7, 11) is 0. The third-order valence-electron chi connectivity index (χ3n) is 2.04. The van der Waals surface area contributed by atoms with E-state index in [0.717, 1.165) is 4.90 Å². The highest BCUT2D eigenvalue weighted by atomic mass is 32.2. The Morgan fingerprint density at radius 1 is 1.44 bits per heavy atom. The van der Waals surface area contributed by atoms with E-state index in [2.05, 4.69) is 4.98 Å². The van der Waals surface area contributed by atoms with E-state index >= 15 is 0 Å². The summed E-state index contributed by atoms with van der Waals surface area (Å²) < 4.78 is 10.8. The molecule has 0 fully saturated rings. The summed E-state index contributed by atoms with van der Waals surface area (Å²) >= 11 is 1.49. The van der Waals surface area contributed by atoms with Gasteiger partial charge < -0.3 is 14.6 Å². The summed E-state index contributed by atoms with van der Waals surface area (Å²) in [6.07, 6.45) is 1.22. The van der Waals surface area contributed by atoms with Crippen molar-refractivity contribution in [3.8, 4) is 0 Å². The molecular weight excluding hydrogens is 254 g/mol. The van der Waals surface area contributed by atoms with Crippen LogP contribution in [0.2, 0.25) is 0 Å². The van der Waals surface area contributed by atoms with Gasteiger partial charge >= 0.3 is 5.97 Å². The van der Waals surface area contributed by atoms with Gasteiger partial charge in [0, 0.05) is 30.1 Å². The molecule has 6 heteroatoms. The molecule has 0 saturated carbocycles. The minimum absolute atomic E-state index is 0.0457. The molecule has 1 aromatic rings. The molecule has 1 aromatic heterocycles. The number of hydrogen-bond donors (Lipinski definition) is 1. The Kier molecular flexibility index (Phi) is 6.70. The van der Waals surface area contributed by atoms with Crippen molar-refractivity contribution in [1.29, 1.82) is 0 Å². The highest BCUT2D eigenvalue weighted by Crippen LogP contribution is 2.20. The molecule has 5 nitrogen and oxygen atoms in total. The van der Waals surface area contributed by atoms with Crippen molar-refractivity contribution in [2.75, 3.05) is 19.0 Å². The second kappa shape index (κ2) is 8.07. The zero-order valence-corrected chi connectivity index (χ0v) is 11.3. The minimum atomic E-state index is -1.02. The van der Waals surface area contributed by atoms with Gasteiger partial charge in [-0.15, -0.1) is 11.8 Å². The van der Waals surface area contributed by atoms with Crippen molar-refractivity contribution < 1.29 is 19.4 Å². The molecule has 0 radical (unpaired) electrons. The molecule has 1 rings (SSSR count). The lowest BCUT2D eigenvalue weighted by Crippen LogP contribution is -2.20. The van der Waals surface area contributed by atoms with E-state index in [-0.39, 0.29) is 12.0 Å². The number of carboxylic acid groups (broad SMARTS) is 1. The van der Waals surface area contributed by atoms with E-state index in [1.807, 2.05) is 13.8 Å². The Morgan fingerprint density at radius 3 is 2.67 bits per heavy atom. The minimum Gasteiger partial charge on any atom is -0.477 e.